The Morgan fingerprint density at radius 1 is 1.19 bits per heavy atom. The average Bonchev–Trinajstić information content (AvgIpc) is 3.06. The van der Waals surface area contributed by atoms with E-state index in [0.29, 0.717) is 16.8 Å². The van der Waals surface area contributed by atoms with E-state index in [2.05, 4.69) is 34.7 Å². The van der Waals surface area contributed by atoms with Crippen molar-refractivity contribution in [3.63, 3.8) is 0 Å². The van der Waals surface area contributed by atoms with E-state index >= 15 is 0 Å². The van der Waals surface area contributed by atoms with Crippen molar-refractivity contribution in [2.45, 2.75) is 44.0 Å². The minimum Gasteiger partial charge on any atom is -0.497 e. The zero-order chi connectivity index (χ0) is 18.9. The van der Waals surface area contributed by atoms with Crippen molar-refractivity contribution in [3.8, 4) is 5.75 Å². The lowest BCUT2D eigenvalue weighted by Crippen LogP contribution is -2.33. The zero-order valence-corrected chi connectivity index (χ0v) is 17.2. The number of thioether (sulfide) groups is 1. The molecule has 6 nitrogen and oxygen atoms in total. The van der Waals surface area contributed by atoms with Crippen LogP contribution in [-0.2, 0) is 4.79 Å². The van der Waals surface area contributed by atoms with E-state index in [9.17, 15) is 4.79 Å². The van der Waals surface area contributed by atoms with Crippen molar-refractivity contribution in [2.75, 3.05) is 18.2 Å². The summed E-state index contributed by atoms with van der Waals surface area (Å²) in [5, 5.41) is 15.2. The van der Waals surface area contributed by atoms with Gasteiger partial charge < -0.3 is 15.4 Å². The van der Waals surface area contributed by atoms with Crippen LogP contribution in [0.1, 0.15) is 33.6 Å². The number of rotatable bonds is 10. The number of nitrogens with one attached hydrogen (secondary N) is 2. The van der Waals surface area contributed by atoms with E-state index in [0.717, 1.165) is 28.6 Å². The number of anilines is 2. The molecule has 2 aromatic rings. The van der Waals surface area contributed by atoms with Crippen molar-refractivity contribution in [1.29, 1.82) is 0 Å². The molecule has 0 aliphatic carbocycles. The minimum atomic E-state index is 0.0334. The maximum atomic E-state index is 12.0. The van der Waals surface area contributed by atoms with Crippen molar-refractivity contribution in [3.05, 3.63) is 24.3 Å². The molecule has 0 aliphatic heterocycles. The molecule has 0 fully saturated rings. The number of carbonyl (C=O) groups is 1. The number of methoxy groups -OCH3 is 1. The first kappa shape index (κ1) is 20.5. The molecule has 0 aliphatic rings. The van der Waals surface area contributed by atoms with Crippen LogP contribution in [0.3, 0.4) is 0 Å². The van der Waals surface area contributed by atoms with Crippen LogP contribution in [0.5, 0.6) is 5.75 Å². The Morgan fingerprint density at radius 3 is 2.58 bits per heavy atom. The maximum Gasteiger partial charge on any atom is 0.230 e. The molecule has 0 saturated heterocycles. The minimum absolute atomic E-state index is 0.0334. The largest absolute Gasteiger partial charge is 0.497 e. The summed E-state index contributed by atoms with van der Waals surface area (Å²) in [6.45, 7) is 6.43. The molecular weight excluding hydrogens is 368 g/mol. The van der Waals surface area contributed by atoms with Gasteiger partial charge in [0.1, 0.15) is 5.75 Å². The summed E-state index contributed by atoms with van der Waals surface area (Å²) in [6, 6.07) is 7.79. The quantitative estimate of drug-likeness (QED) is 0.584. The van der Waals surface area contributed by atoms with Crippen LogP contribution in [0.2, 0.25) is 0 Å². The molecule has 2 N–H and O–H groups in total. The van der Waals surface area contributed by atoms with Crippen molar-refractivity contribution < 1.29 is 9.53 Å². The Labute approximate surface area is 163 Å². The highest BCUT2D eigenvalue weighted by Crippen LogP contribution is 2.28. The second kappa shape index (κ2) is 10.4. The lowest BCUT2D eigenvalue weighted by Gasteiger charge is -2.14. The van der Waals surface area contributed by atoms with Crippen LogP contribution in [0.25, 0.3) is 0 Å². The highest BCUT2D eigenvalue weighted by atomic mass is 32.2. The molecule has 1 aromatic heterocycles. The number of aromatic nitrogens is 2. The third-order valence-electron chi connectivity index (χ3n) is 3.66. The Hall–Kier alpha value is -1.80. The Kier molecular flexibility index (Phi) is 8.18. The SMILES string of the molecule is COc1ccc(Nc2nnc(SCC(=O)N[C@H](C)CCC(C)C)s2)cc1. The van der Waals surface area contributed by atoms with E-state index < -0.39 is 0 Å². The van der Waals surface area contributed by atoms with E-state index in [1.807, 2.05) is 31.2 Å². The van der Waals surface area contributed by atoms with Gasteiger partial charge in [-0.15, -0.1) is 10.2 Å². The van der Waals surface area contributed by atoms with E-state index in [1.54, 1.807) is 7.11 Å². The van der Waals surface area contributed by atoms with Crippen LogP contribution >= 0.6 is 23.1 Å². The molecule has 8 heteroatoms. The molecule has 1 atom stereocenters. The molecule has 0 saturated carbocycles. The van der Waals surface area contributed by atoms with Gasteiger partial charge in [0, 0.05) is 11.7 Å². The molecule has 2 rings (SSSR count). The van der Waals surface area contributed by atoms with Crippen LogP contribution in [0, 0.1) is 5.92 Å². The lowest BCUT2D eigenvalue weighted by atomic mass is 10.0. The first-order valence-electron chi connectivity index (χ1n) is 8.63. The number of ether oxygens (including phenoxy) is 1. The third kappa shape index (κ3) is 7.21. The Morgan fingerprint density at radius 2 is 1.92 bits per heavy atom. The smallest absolute Gasteiger partial charge is 0.230 e. The van der Waals surface area contributed by atoms with Crippen molar-refractivity contribution >= 4 is 39.8 Å². The topological polar surface area (TPSA) is 76.1 Å². The fourth-order valence-electron chi connectivity index (χ4n) is 2.22. The second-order valence-corrected chi connectivity index (χ2v) is 8.66. The van der Waals surface area contributed by atoms with Gasteiger partial charge in [0.05, 0.1) is 12.9 Å². The predicted molar refractivity (Wildman–Crippen MR) is 109 cm³/mol. The summed E-state index contributed by atoms with van der Waals surface area (Å²) < 4.78 is 5.91. The summed E-state index contributed by atoms with van der Waals surface area (Å²) in [5.41, 5.74) is 0.912. The first-order valence-corrected chi connectivity index (χ1v) is 10.4. The highest BCUT2D eigenvalue weighted by Gasteiger charge is 2.11. The Bertz CT molecular complexity index is 689. The van der Waals surface area contributed by atoms with Gasteiger partial charge in [-0.2, -0.15) is 0 Å². The fraction of sp³-hybridized carbons (Fsp3) is 0.500. The van der Waals surface area contributed by atoms with E-state index in [4.69, 9.17) is 4.74 Å². The molecule has 0 bridgehead atoms. The zero-order valence-electron chi connectivity index (χ0n) is 15.6. The highest BCUT2D eigenvalue weighted by molar-refractivity contribution is 8.01. The molecule has 1 aromatic carbocycles. The number of benzene rings is 1. The predicted octanol–water partition coefficient (Wildman–Crippen LogP) is 4.32. The van der Waals surface area contributed by atoms with Crippen molar-refractivity contribution in [2.24, 2.45) is 5.92 Å². The molecular formula is C18H26N4O2S2. The monoisotopic (exact) mass is 394 g/mol. The van der Waals surface area contributed by atoms with Crippen LogP contribution < -0.4 is 15.4 Å². The average molecular weight is 395 g/mol. The fourth-order valence-corrected chi connectivity index (χ4v) is 3.80. The van der Waals surface area contributed by atoms with Gasteiger partial charge in [-0.1, -0.05) is 36.9 Å². The van der Waals surface area contributed by atoms with Gasteiger partial charge in [0.2, 0.25) is 11.0 Å². The molecule has 1 heterocycles. The molecule has 142 valence electrons. The number of amides is 1. The number of hydrogen-bond donors (Lipinski definition) is 2. The van der Waals surface area contributed by atoms with Crippen molar-refractivity contribution in [1.82, 2.24) is 15.5 Å². The molecule has 0 unspecified atom stereocenters. The lowest BCUT2D eigenvalue weighted by molar-refractivity contribution is -0.119. The summed E-state index contributed by atoms with van der Waals surface area (Å²) in [4.78, 5) is 12.0. The van der Waals surface area contributed by atoms with E-state index in [1.165, 1.54) is 23.1 Å². The Balaban J connectivity index is 1.76. The maximum absolute atomic E-state index is 12.0. The first-order chi connectivity index (χ1) is 12.5. The number of hydrogen-bond acceptors (Lipinski definition) is 7. The molecule has 0 spiro atoms. The summed E-state index contributed by atoms with van der Waals surface area (Å²) in [6.07, 6.45) is 2.12. The normalized spacial score (nSPS) is 12.0. The van der Waals surface area contributed by atoms with Gasteiger partial charge in [-0.05, 0) is 49.9 Å². The molecule has 26 heavy (non-hydrogen) atoms. The third-order valence-corrected chi connectivity index (χ3v) is 5.63. The molecule has 1 amide bonds. The van der Waals surface area contributed by atoms with Crippen LogP contribution in [-0.4, -0.2) is 35.0 Å². The van der Waals surface area contributed by atoms with Gasteiger partial charge in [-0.3, -0.25) is 4.79 Å². The number of nitrogens with zero attached hydrogens (tertiary/aromatic N) is 2. The summed E-state index contributed by atoms with van der Waals surface area (Å²) in [7, 11) is 1.64. The van der Waals surface area contributed by atoms with Gasteiger partial charge >= 0.3 is 0 Å². The van der Waals surface area contributed by atoms with Gasteiger partial charge in [0.15, 0.2) is 4.34 Å². The number of carbonyl (C=O) groups excluding carboxylic acids is 1. The van der Waals surface area contributed by atoms with Crippen LogP contribution in [0.15, 0.2) is 28.6 Å². The summed E-state index contributed by atoms with van der Waals surface area (Å²) in [5.74, 6) is 1.84. The summed E-state index contributed by atoms with van der Waals surface area (Å²) >= 11 is 2.84. The molecule has 0 radical (unpaired) electrons. The van der Waals surface area contributed by atoms with Gasteiger partial charge in [0.25, 0.3) is 0 Å². The van der Waals surface area contributed by atoms with Gasteiger partial charge in [-0.25, -0.2) is 0 Å². The van der Waals surface area contributed by atoms with Crippen LogP contribution in [0.4, 0.5) is 10.8 Å². The second-order valence-electron chi connectivity index (χ2n) is 6.46. The van der Waals surface area contributed by atoms with E-state index in [-0.39, 0.29) is 11.9 Å². The standard InChI is InChI=1S/C18H26N4O2S2/c1-12(2)5-6-13(3)19-16(23)11-25-18-22-21-17(26-18)20-14-7-9-15(24-4)10-8-14/h7-10,12-13H,5-6,11H2,1-4H3,(H,19,23)(H,20,21)/t13-/m1/s1.